The number of likely N-dealkylation sites (N-methyl/N-ethyl adjacent to an activating group) is 1. The number of halogens is 2. The van der Waals surface area contributed by atoms with Gasteiger partial charge in [0.2, 0.25) is 0 Å². The molecule has 0 fully saturated rings. The lowest BCUT2D eigenvalue weighted by Crippen LogP contribution is -2.19. The Morgan fingerprint density at radius 3 is 2.43 bits per heavy atom. The molecular formula is C18H21ClFN. The highest BCUT2D eigenvalue weighted by atomic mass is 35.5. The van der Waals surface area contributed by atoms with Crippen LogP contribution in [0.2, 0.25) is 5.02 Å². The van der Waals surface area contributed by atoms with Crippen molar-refractivity contribution in [2.75, 3.05) is 7.05 Å². The normalized spacial score (nSPS) is 12.4. The summed E-state index contributed by atoms with van der Waals surface area (Å²) in [5.74, 6) is -0.298. The Morgan fingerprint density at radius 2 is 1.86 bits per heavy atom. The van der Waals surface area contributed by atoms with Gasteiger partial charge < -0.3 is 5.32 Å². The van der Waals surface area contributed by atoms with Gasteiger partial charge in [-0.1, -0.05) is 55.3 Å². The zero-order chi connectivity index (χ0) is 15.2. The molecule has 0 bridgehead atoms. The third kappa shape index (κ3) is 4.29. The van der Waals surface area contributed by atoms with Crippen LogP contribution in [0.5, 0.6) is 0 Å². The monoisotopic (exact) mass is 305 g/mol. The van der Waals surface area contributed by atoms with Crippen molar-refractivity contribution in [3.63, 3.8) is 0 Å². The van der Waals surface area contributed by atoms with Crippen molar-refractivity contribution in [1.82, 2.24) is 5.32 Å². The summed E-state index contributed by atoms with van der Waals surface area (Å²) in [6.45, 7) is 2.18. The average molecular weight is 306 g/mol. The van der Waals surface area contributed by atoms with Crippen molar-refractivity contribution >= 4 is 11.6 Å². The van der Waals surface area contributed by atoms with Gasteiger partial charge in [0.1, 0.15) is 5.82 Å². The van der Waals surface area contributed by atoms with Crippen molar-refractivity contribution < 1.29 is 4.39 Å². The van der Waals surface area contributed by atoms with E-state index in [0.29, 0.717) is 5.02 Å². The van der Waals surface area contributed by atoms with Gasteiger partial charge in [-0.25, -0.2) is 4.39 Å². The molecule has 112 valence electrons. The summed E-state index contributed by atoms with van der Waals surface area (Å²) in [6, 6.07) is 13.4. The largest absolute Gasteiger partial charge is 0.313 e. The molecule has 21 heavy (non-hydrogen) atoms. The van der Waals surface area contributed by atoms with E-state index in [1.54, 1.807) is 6.07 Å². The summed E-state index contributed by atoms with van der Waals surface area (Å²) in [7, 11) is 1.93. The van der Waals surface area contributed by atoms with Crippen LogP contribution in [-0.2, 0) is 12.8 Å². The Kier molecular flexibility index (Phi) is 5.77. The molecule has 0 aliphatic heterocycles. The Labute approximate surface area is 131 Å². The van der Waals surface area contributed by atoms with Crippen LogP contribution < -0.4 is 5.32 Å². The molecule has 2 aromatic rings. The molecule has 0 aliphatic carbocycles. The lowest BCUT2D eigenvalue weighted by atomic mass is 9.97. The van der Waals surface area contributed by atoms with Gasteiger partial charge in [-0.05, 0) is 48.7 Å². The maximum absolute atomic E-state index is 13.1. The Balaban J connectivity index is 2.15. The van der Waals surface area contributed by atoms with Crippen LogP contribution in [-0.4, -0.2) is 7.05 Å². The predicted molar refractivity (Wildman–Crippen MR) is 87.4 cm³/mol. The van der Waals surface area contributed by atoms with Crippen LogP contribution in [0.3, 0.4) is 0 Å². The lowest BCUT2D eigenvalue weighted by Gasteiger charge is -2.18. The number of rotatable bonds is 6. The number of benzene rings is 2. The van der Waals surface area contributed by atoms with Gasteiger partial charge >= 0.3 is 0 Å². The quantitative estimate of drug-likeness (QED) is 0.797. The van der Waals surface area contributed by atoms with Gasteiger partial charge in [0.25, 0.3) is 0 Å². The molecule has 0 saturated carbocycles. The van der Waals surface area contributed by atoms with E-state index in [2.05, 4.69) is 36.5 Å². The molecule has 1 nitrogen and oxygen atoms in total. The summed E-state index contributed by atoms with van der Waals surface area (Å²) in [5, 5.41) is 3.79. The van der Waals surface area contributed by atoms with Crippen molar-refractivity contribution in [2.45, 2.75) is 32.2 Å². The third-order valence-corrected chi connectivity index (χ3v) is 4.06. The molecule has 0 amide bonds. The summed E-state index contributed by atoms with van der Waals surface area (Å²) in [5.41, 5.74) is 3.53. The molecular weight excluding hydrogens is 285 g/mol. The third-order valence-electron chi connectivity index (χ3n) is 3.71. The SMILES string of the molecule is CCCc1ccc(C(Cc2ccc(F)cc2Cl)NC)cc1. The van der Waals surface area contributed by atoms with Gasteiger partial charge in [0.05, 0.1) is 0 Å². The molecule has 0 radical (unpaired) electrons. The minimum Gasteiger partial charge on any atom is -0.313 e. The van der Waals surface area contributed by atoms with E-state index in [9.17, 15) is 4.39 Å². The number of aryl methyl sites for hydroxylation is 1. The molecule has 1 unspecified atom stereocenters. The van der Waals surface area contributed by atoms with Crippen LogP contribution in [0.25, 0.3) is 0 Å². The van der Waals surface area contributed by atoms with E-state index in [-0.39, 0.29) is 11.9 Å². The van der Waals surface area contributed by atoms with Gasteiger partial charge in [-0.2, -0.15) is 0 Å². The first-order valence-electron chi connectivity index (χ1n) is 7.34. The van der Waals surface area contributed by atoms with E-state index >= 15 is 0 Å². The van der Waals surface area contributed by atoms with Crippen molar-refractivity contribution in [1.29, 1.82) is 0 Å². The maximum atomic E-state index is 13.1. The van der Waals surface area contributed by atoms with Crippen LogP contribution in [0.4, 0.5) is 4.39 Å². The molecule has 0 aliphatic rings. The van der Waals surface area contributed by atoms with Gasteiger partial charge in [0.15, 0.2) is 0 Å². The molecule has 3 heteroatoms. The fourth-order valence-electron chi connectivity index (χ4n) is 2.50. The number of hydrogen-bond acceptors (Lipinski definition) is 1. The van der Waals surface area contributed by atoms with Crippen molar-refractivity contribution in [3.05, 3.63) is 70.0 Å². The van der Waals surface area contributed by atoms with Crippen LogP contribution in [0.15, 0.2) is 42.5 Å². The molecule has 0 heterocycles. The summed E-state index contributed by atoms with van der Waals surface area (Å²) in [4.78, 5) is 0. The molecule has 2 aromatic carbocycles. The highest BCUT2D eigenvalue weighted by Gasteiger charge is 2.12. The topological polar surface area (TPSA) is 12.0 Å². The van der Waals surface area contributed by atoms with E-state index in [1.165, 1.54) is 23.3 Å². The lowest BCUT2D eigenvalue weighted by molar-refractivity contribution is 0.589. The second kappa shape index (κ2) is 7.58. The smallest absolute Gasteiger partial charge is 0.124 e. The van der Waals surface area contributed by atoms with Crippen LogP contribution in [0.1, 0.15) is 36.1 Å². The van der Waals surface area contributed by atoms with Crippen LogP contribution in [0, 0.1) is 5.82 Å². The minimum atomic E-state index is -0.298. The van der Waals surface area contributed by atoms with Gasteiger partial charge in [-0.15, -0.1) is 0 Å². The van der Waals surface area contributed by atoms with E-state index in [4.69, 9.17) is 11.6 Å². The summed E-state index contributed by atoms with van der Waals surface area (Å²) < 4.78 is 13.1. The Morgan fingerprint density at radius 1 is 1.14 bits per heavy atom. The standard InChI is InChI=1S/C18H21ClFN/c1-3-4-13-5-7-14(8-6-13)18(21-2)11-15-9-10-16(20)12-17(15)19/h5-10,12,18,21H,3-4,11H2,1-2H3. The van der Waals surface area contributed by atoms with Crippen LogP contribution >= 0.6 is 11.6 Å². The number of hydrogen-bond donors (Lipinski definition) is 1. The molecule has 0 aromatic heterocycles. The second-order valence-electron chi connectivity index (χ2n) is 5.27. The predicted octanol–water partition coefficient (Wildman–Crippen LogP) is 4.93. The van der Waals surface area contributed by atoms with Crippen molar-refractivity contribution in [3.8, 4) is 0 Å². The van der Waals surface area contributed by atoms with E-state index in [1.807, 2.05) is 7.05 Å². The Bertz CT molecular complexity index is 580. The zero-order valence-corrected chi connectivity index (χ0v) is 13.3. The highest BCUT2D eigenvalue weighted by Crippen LogP contribution is 2.24. The molecule has 1 N–H and O–H groups in total. The molecule has 0 spiro atoms. The van der Waals surface area contributed by atoms with Gasteiger partial charge in [-0.3, -0.25) is 0 Å². The molecule has 1 atom stereocenters. The van der Waals surface area contributed by atoms with Gasteiger partial charge in [0, 0.05) is 11.1 Å². The molecule has 0 saturated heterocycles. The zero-order valence-electron chi connectivity index (χ0n) is 12.5. The fourth-order valence-corrected chi connectivity index (χ4v) is 2.74. The van der Waals surface area contributed by atoms with E-state index < -0.39 is 0 Å². The second-order valence-corrected chi connectivity index (χ2v) is 5.68. The first-order valence-corrected chi connectivity index (χ1v) is 7.72. The Hall–Kier alpha value is -1.38. The maximum Gasteiger partial charge on any atom is 0.124 e. The van der Waals surface area contributed by atoms with E-state index in [0.717, 1.165) is 24.8 Å². The average Bonchev–Trinajstić information content (AvgIpc) is 2.48. The first-order chi connectivity index (χ1) is 10.1. The summed E-state index contributed by atoms with van der Waals surface area (Å²) in [6.07, 6.45) is 3.00. The van der Waals surface area contributed by atoms with Crippen molar-refractivity contribution in [2.24, 2.45) is 0 Å². The molecule has 2 rings (SSSR count). The summed E-state index contributed by atoms with van der Waals surface area (Å²) >= 11 is 6.12. The minimum absolute atomic E-state index is 0.170. The highest BCUT2D eigenvalue weighted by molar-refractivity contribution is 6.31. The first kappa shape index (κ1) is 16.0. The number of nitrogens with one attached hydrogen (secondary N) is 1. The fraction of sp³-hybridized carbons (Fsp3) is 0.333.